The molecule has 0 spiro atoms. The maximum atomic E-state index is 13.0. The number of hydrogen-bond acceptors (Lipinski definition) is 6. The lowest BCUT2D eigenvalue weighted by atomic mass is 9.79. The Kier molecular flexibility index (Phi) is 5.00. The molecule has 3 atom stereocenters. The molecule has 36 heavy (non-hydrogen) atoms. The summed E-state index contributed by atoms with van der Waals surface area (Å²) in [5.74, 6) is 1.01. The van der Waals surface area contributed by atoms with Gasteiger partial charge >= 0.3 is 6.18 Å². The van der Waals surface area contributed by atoms with Crippen LogP contribution in [0, 0.1) is 11.3 Å². The number of pyridine rings is 1. The van der Waals surface area contributed by atoms with Crippen LogP contribution < -0.4 is 5.56 Å². The van der Waals surface area contributed by atoms with Crippen LogP contribution in [0.2, 0.25) is 0 Å². The Labute approximate surface area is 202 Å². The van der Waals surface area contributed by atoms with Gasteiger partial charge in [0, 0.05) is 18.3 Å². The Morgan fingerprint density at radius 1 is 1.19 bits per heavy atom. The lowest BCUT2D eigenvalue weighted by Crippen LogP contribution is -2.30. The number of hydrogen-bond donors (Lipinski definition) is 1. The van der Waals surface area contributed by atoms with Crippen molar-refractivity contribution in [3.05, 3.63) is 69.4 Å². The van der Waals surface area contributed by atoms with Gasteiger partial charge in [0.05, 0.1) is 18.3 Å². The normalized spacial score (nSPS) is 20.8. The van der Waals surface area contributed by atoms with E-state index in [1.807, 2.05) is 16.9 Å². The van der Waals surface area contributed by atoms with Crippen molar-refractivity contribution in [2.24, 2.45) is 0 Å². The van der Waals surface area contributed by atoms with Crippen LogP contribution in [0.5, 0.6) is 0 Å². The molecule has 0 aliphatic heterocycles. The van der Waals surface area contributed by atoms with Gasteiger partial charge in [-0.05, 0) is 55.7 Å². The molecule has 2 aliphatic rings. The smallest absolute Gasteiger partial charge is 0.309 e. The van der Waals surface area contributed by atoms with E-state index >= 15 is 0 Å². The van der Waals surface area contributed by atoms with E-state index < -0.39 is 23.5 Å². The molecule has 4 aromatic rings. The largest absolute Gasteiger partial charge is 0.433 e. The van der Waals surface area contributed by atoms with Crippen LogP contribution in [0.25, 0.3) is 11.0 Å². The Balaban J connectivity index is 1.38. The molecule has 0 unspecified atom stereocenters. The van der Waals surface area contributed by atoms with Crippen LogP contribution in [0.3, 0.4) is 0 Å². The van der Waals surface area contributed by atoms with Crippen LogP contribution >= 0.6 is 0 Å². The minimum absolute atomic E-state index is 0.0546. The van der Waals surface area contributed by atoms with E-state index in [-0.39, 0.29) is 28.7 Å². The summed E-state index contributed by atoms with van der Waals surface area (Å²) in [6, 6.07) is 3.58. The highest BCUT2D eigenvalue weighted by atomic mass is 19.4. The molecular formula is C24H21F3N8O. The zero-order valence-corrected chi connectivity index (χ0v) is 19.2. The molecule has 9 nitrogen and oxygen atoms in total. The minimum atomic E-state index is -4.55. The first-order valence-electron chi connectivity index (χ1n) is 11.7. The number of nitrogens with zero attached hydrogens (tertiary/aromatic N) is 7. The molecule has 0 saturated heterocycles. The van der Waals surface area contributed by atoms with E-state index in [1.165, 1.54) is 29.2 Å². The molecule has 184 valence electrons. The molecule has 12 heteroatoms. The fourth-order valence-corrected chi connectivity index (χ4v) is 4.83. The number of nitrogens with one attached hydrogen (secondary N) is 1. The maximum absolute atomic E-state index is 13.0. The second-order valence-corrected chi connectivity index (χ2v) is 9.48. The van der Waals surface area contributed by atoms with Gasteiger partial charge in [0.2, 0.25) is 0 Å². The molecule has 0 radical (unpaired) electrons. The summed E-state index contributed by atoms with van der Waals surface area (Å²) in [7, 11) is 0. The number of halogens is 3. The number of H-pyrrole nitrogens is 1. The van der Waals surface area contributed by atoms with Gasteiger partial charge in [-0.25, -0.2) is 9.67 Å². The Bertz CT molecular complexity index is 1560. The average molecular weight is 494 g/mol. The third-order valence-electron chi connectivity index (χ3n) is 7.21. The standard InChI is InChI=1S/C24H21F3N8O/c1-12(14-4-7-19(29-9-14)24(25,26)27)35-22-20(17(8-28)33-35)23(36)32-21(31-22)16-5-6-18(16)34-11-15(10-30-34)13-2-3-13/h4,7,9-13,16,18H,2-3,5-6H2,1H3,(H,31,32,36)/t12-,16+,18+/m1/s1. The van der Waals surface area contributed by atoms with Crippen molar-refractivity contribution in [2.45, 2.75) is 62.7 Å². The van der Waals surface area contributed by atoms with Gasteiger partial charge in [0.1, 0.15) is 23.0 Å². The van der Waals surface area contributed by atoms with E-state index in [4.69, 9.17) is 4.98 Å². The third kappa shape index (κ3) is 3.66. The van der Waals surface area contributed by atoms with E-state index in [9.17, 15) is 23.2 Å². The van der Waals surface area contributed by atoms with Crippen molar-refractivity contribution in [1.82, 2.24) is 34.5 Å². The molecule has 0 bridgehead atoms. The van der Waals surface area contributed by atoms with Gasteiger partial charge in [-0.3, -0.25) is 14.5 Å². The van der Waals surface area contributed by atoms with Crippen molar-refractivity contribution in [1.29, 1.82) is 5.26 Å². The molecule has 2 aliphatic carbocycles. The Morgan fingerprint density at radius 2 is 2.00 bits per heavy atom. The summed E-state index contributed by atoms with van der Waals surface area (Å²) in [5, 5.41) is 18.4. The van der Waals surface area contributed by atoms with E-state index in [0.29, 0.717) is 17.3 Å². The van der Waals surface area contributed by atoms with Crippen LogP contribution in [0.1, 0.15) is 84.9 Å². The maximum Gasteiger partial charge on any atom is 0.433 e. The van der Waals surface area contributed by atoms with Crippen LogP contribution in [0.15, 0.2) is 35.5 Å². The van der Waals surface area contributed by atoms with Gasteiger partial charge < -0.3 is 4.98 Å². The number of aromatic amines is 1. The number of fused-ring (bicyclic) bond motifs is 1. The summed E-state index contributed by atoms with van der Waals surface area (Å²) in [6.45, 7) is 1.70. The number of aromatic nitrogens is 7. The van der Waals surface area contributed by atoms with Gasteiger partial charge in [0.25, 0.3) is 5.56 Å². The fourth-order valence-electron chi connectivity index (χ4n) is 4.83. The lowest BCUT2D eigenvalue weighted by molar-refractivity contribution is -0.141. The highest BCUT2D eigenvalue weighted by Crippen LogP contribution is 2.46. The molecule has 0 amide bonds. The van der Waals surface area contributed by atoms with Crippen molar-refractivity contribution in [2.75, 3.05) is 0 Å². The summed E-state index contributed by atoms with van der Waals surface area (Å²) in [6.07, 6.45) is 4.63. The Morgan fingerprint density at radius 3 is 2.61 bits per heavy atom. The van der Waals surface area contributed by atoms with E-state index in [2.05, 4.69) is 26.4 Å². The highest BCUT2D eigenvalue weighted by Gasteiger charge is 2.38. The van der Waals surface area contributed by atoms with E-state index in [1.54, 1.807) is 6.92 Å². The minimum Gasteiger partial charge on any atom is -0.309 e. The summed E-state index contributed by atoms with van der Waals surface area (Å²) in [4.78, 5) is 24.1. The molecule has 2 saturated carbocycles. The molecule has 4 heterocycles. The van der Waals surface area contributed by atoms with Gasteiger partial charge in [-0.15, -0.1) is 0 Å². The first kappa shape index (κ1) is 22.5. The van der Waals surface area contributed by atoms with Gasteiger partial charge in [-0.1, -0.05) is 6.07 Å². The SMILES string of the molecule is C[C@H](c1ccc(C(F)(F)F)nc1)n1nc(C#N)c2c(=O)[nH]c([C@H]3CC[C@@H]3n3cc(C4CC4)cn3)nc21. The van der Waals surface area contributed by atoms with Crippen LogP contribution in [0.4, 0.5) is 13.2 Å². The molecular weight excluding hydrogens is 473 g/mol. The summed E-state index contributed by atoms with van der Waals surface area (Å²) >= 11 is 0. The predicted octanol–water partition coefficient (Wildman–Crippen LogP) is 4.21. The monoisotopic (exact) mass is 494 g/mol. The third-order valence-corrected chi connectivity index (χ3v) is 7.21. The zero-order chi connectivity index (χ0) is 25.2. The Hall–Kier alpha value is -4.01. The molecule has 4 aromatic heterocycles. The quantitative estimate of drug-likeness (QED) is 0.444. The number of nitriles is 1. The average Bonchev–Trinajstić information content (AvgIpc) is 3.45. The van der Waals surface area contributed by atoms with Crippen molar-refractivity contribution < 1.29 is 13.2 Å². The topological polar surface area (TPSA) is 118 Å². The predicted molar refractivity (Wildman–Crippen MR) is 121 cm³/mol. The molecule has 0 aromatic carbocycles. The zero-order valence-electron chi connectivity index (χ0n) is 19.2. The fraction of sp³-hybridized carbons (Fsp3) is 0.417. The molecule has 1 N–H and O–H groups in total. The number of alkyl halides is 3. The van der Waals surface area contributed by atoms with E-state index in [0.717, 1.165) is 25.1 Å². The summed E-state index contributed by atoms with van der Waals surface area (Å²) in [5.41, 5.74) is 0.309. The highest BCUT2D eigenvalue weighted by molar-refractivity contribution is 5.80. The summed E-state index contributed by atoms with van der Waals surface area (Å²) < 4.78 is 42.1. The van der Waals surface area contributed by atoms with Crippen molar-refractivity contribution in [3.63, 3.8) is 0 Å². The molecule has 6 rings (SSSR count). The molecule has 2 fully saturated rings. The van der Waals surface area contributed by atoms with Crippen molar-refractivity contribution in [3.8, 4) is 6.07 Å². The van der Waals surface area contributed by atoms with Gasteiger partial charge in [-0.2, -0.15) is 28.6 Å². The van der Waals surface area contributed by atoms with Crippen LogP contribution in [-0.4, -0.2) is 34.5 Å². The van der Waals surface area contributed by atoms with Crippen LogP contribution in [-0.2, 0) is 6.18 Å². The van der Waals surface area contributed by atoms with Crippen molar-refractivity contribution >= 4 is 11.0 Å². The first-order chi connectivity index (χ1) is 17.2. The van der Waals surface area contributed by atoms with Gasteiger partial charge in [0.15, 0.2) is 11.3 Å². The number of rotatable bonds is 5. The second kappa shape index (κ2) is 8.01. The second-order valence-electron chi connectivity index (χ2n) is 9.48. The lowest BCUT2D eigenvalue weighted by Gasteiger charge is -2.35. The first-order valence-corrected chi connectivity index (χ1v) is 11.7.